The van der Waals surface area contributed by atoms with E-state index in [-0.39, 0.29) is 18.9 Å². The van der Waals surface area contributed by atoms with Crippen LogP contribution in [0.25, 0.3) is 0 Å². The van der Waals surface area contributed by atoms with Gasteiger partial charge in [-0.25, -0.2) is 14.5 Å². The number of imide groups is 1. The van der Waals surface area contributed by atoms with Gasteiger partial charge in [0.15, 0.2) is 0 Å². The zero-order valence-corrected chi connectivity index (χ0v) is 22.8. The van der Waals surface area contributed by atoms with Crippen molar-refractivity contribution in [1.29, 1.82) is 0 Å². The summed E-state index contributed by atoms with van der Waals surface area (Å²) in [5.74, 6) is -2.48. The van der Waals surface area contributed by atoms with Crippen LogP contribution in [0.2, 0.25) is 0 Å². The van der Waals surface area contributed by atoms with Gasteiger partial charge >= 0.3 is 18.0 Å². The number of hydrogen-bond acceptors (Lipinski definition) is 5. The molecule has 1 unspecified atom stereocenters. The quantitative estimate of drug-likeness (QED) is 0.339. The van der Waals surface area contributed by atoms with E-state index < -0.39 is 48.0 Å². The number of hydrogen-bond donors (Lipinski definition) is 4. The van der Waals surface area contributed by atoms with Gasteiger partial charge in [0.1, 0.15) is 18.1 Å². The summed E-state index contributed by atoms with van der Waals surface area (Å²) in [5, 5.41) is 16.8. The summed E-state index contributed by atoms with van der Waals surface area (Å²) in [4.78, 5) is 65.3. The van der Waals surface area contributed by atoms with Gasteiger partial charge in [-0.1, -0.05) is 44.2 Å². The first kappa shape index (κ1) is 29.2. The molecule has 3 rings (SSSR count). The topological polar surface area (TPSA) is 148 Å². The number of amides is 6. The first-order valence-corrected chi connectivity index (χ1v) is 12.7. The number of carboxylic acid groups (broad SMARTS) is 1. The summed E-state index contributed by atoms with van der Waals surface area (Å²) >= 11 is 0. The molecule has 0 saturated carbocycles. The largest absolute Gasteiger partial charge is 0.480 e. The number of carbonyl (C=O) groups is 5. The van der Waals surface area contributed by atoms with E-state index in [0.717, 1.165) is 10.5 Å². The number of nitrogens with zero attached hydrogens (tertiary/aromatic N) is 2. The summed E-state index contributed by atoms with van der Waals surface area (Å²) in [7, 11) is 0. The Labute approximate surface area is 227 Å². The molecule has 0 radical (unpaired) electrons. The number of aryl methyl sites for hydroxylation is 1. The molecule has 6 amide bonds. The van der Waals surface area contributed by atoms with Crippen LogP contribution >= 0.6 is 0 Å². The molecule has 11 heteroatoms. The van der Waals surface area contributed by atoms with Gasteiger partial charge in [-0.05, 0) is 62.4 Å². The third-order valence-corrected chi connectivity index (χ3v) is 6.52. The maximum atomic E-state index is 13.5. The van der Waals surface area contributed by atoms with E-state index in [0.29, 0.717) is 16.9 Å². The fourth-order valence-corrected chi connectivity index (χ4v) is 4.34. The standard InChI is InChI=1S/C28H35N5O6/c1-17(2)14-22(24(36)29-15-23(34)35)33-25(37)28(4,5)32(27(33)39)16-19-10-12-20(13-11-19)30-26(38)31-21-9-7-6-8-18(21)3/h6-13,17,22H,14-16H2,1-5H3,(H,29,36)(H,34,35)(H2,30,31,38). The summed E-state index contributed by atoms with van der Waals surface area (Å²) < 4.78 is 0. The summed E-state index contributed by atoms with van der Waals surface area (Å²) in [6, 6.07) is 12.1. The van der Waals surface area contributed by atoms with Crippen molar-refractivity contribution in [2.75, 3.05) is 17.2 Å². The average Bonchev–Trinajstić information content (AvgIpc) is 3.02. The maximum absolute atomic E-state index is 13.5. The van der Waals surface area contributed by atoms with Gasteiger partial charge in [-0.3, -0.25) is 14.4 Å². The molecule has 39 heavy (non-hydrogen) atoms. The minimum absolute atomic E-state index is 0.0357. The lowest BCUT2D eigenvalue weighted by molar-refractivity contribution is -0.141. The zero-order chi connectivity index (χ0) is 28.9. The SMILES string of the molecule is Cc1ccccc1NC(=O)Nc1ccc(CN2C(=O)N(C(CC(C)C)C(=O)NCC(=O)O)C(=O)C2(C)C)cc1. The second-order valence-electron chi connectivity index (χ2n) is 10.5. The lowest BCUT2D eigenvalue weighted by atomic mass is 9.99. The predicted octanol–water partition coefficient (Wildman–Crippen LogP) is 3.80. The van der Waals surface area contributed by atoms with Crippen molar-refractivity contribution in [1.82, 2.24) is 15.1 Å². The van der Waals surface area contributed by atoms with Crippen molar-refractivity contribution < 1.29 is 29.1 Å². The molecule has 1 fully saturated rings. The molecule has 0 aliphatic carbocycles. The fourth-order valence-electron chi connectivity index (χ4n) is 4.34. The Morgan fingerprint density at radius 1 is 0.974 bits per heavy atom. The van der Waals surface area contributed by atoms with E-state index in [9.17, 15) is 24.0 Å². The Kier molecular flexibility index (Phi) is 8.95. The normalized spacial score (nSPS) is 15.3. The Morgan fingerprint density at radius 2 is 1.62 bits per heavy atom. The fraction of sp³-hybridized carbons (Fsp3) is 0.393. The first-order valence-electron chi connectivity index (χ1n) is 12.7. The number of carboxylic acids is 1. The van der Waals surface area contributed by atoms with Crippen LogP contribution in [0.4, 0.5) is 21.0 Å². The van der Waals surface area contributed by atoms with E-state index in [1.165, 1.54) is 4.90 Å². The number of para-hydroxylation sites is 1. The number of nitrogens with one attached hydrogen (secondary N) is 3. The first-order chi connectivity index (χ1) is 18.3. The summed E-state index contributed by atoms with van der Waals surface area (Å²) in [6.45, 7) is 8.30. The number of carbonyl (C=O) groups excluding carboxylic acids is 4. The molecule has 1 aliphatic rings. The molecule has 0 aromatic heterocycles. The average molecular weight is 538 g/mol. The van der Waals surface area contributed by atoms with Gasteiger partial charge in [0.05, 0.1) is 0 Å². The molecule has 1 atom stereocenters. The molecule has 2 aromatic rings. The van der Waals surface area contributed by atoms with Gasteiger partial charge in [0, 0.05) is 17.9 Å². The highest BCUT2D eigenvalue weighted by atomic mass is 16.4. The lowest BCUT2D eigenvalue weighted by Gasteiger charge is -2.28. The van der Waals surface area contributed by atoms with E-state index in [2.05, 4.69) is 16.0 Å². The van der Waals surface area contributed by atoms with Crippen molar-refractivity contribution in [2.45, 2.75) is 59.2 Å². The molecule has 11 nitrogen and oxygen atoms in total. The van der Waals surface area contributed by atoms with Crippen LogP contribution in [0, 0.1) is 12.8 Å². The second kappa shape index (κ2) is 12.0. The maximum Gasteiger partial charge on any atom is 0.328 e. The van der Waals surface area contributed by atoms with Gasteiger partial charge in [0.2, 0.25) is 5.91 Å². The Morgan fingerprint density at radius 3 is 2.21 bits per heavy atom. The number of rotatable bonds is 10. The number of urea groups is 2. The van der Waals surface area contributed by atoms with Crippen LogP contribution in [0.15, 0.2) is 48.5 Å². The third-order valence-electron chi connectivity index (χ3n) is 6.52. The van der Waals surface area contributed by atoms with Crippen LogP contribution in [-0.2, 0) is 20.9 Å². The van der Waals surface area contributed by atoms with E-state index in [1.54, 1.807) is 44.2 Å². The smallest absolute Gasteiger partial charge is 0.328 e. The summed E-state index contributed by atoms with van der Waals surface area (Å²) in [5.41, 5.74) is 1.65. The van der Waals surface area contributed by atoms with E-state index in [1.807, 2.05) is 39.0 Å². The number of benzene rings is 2. The molecule has 1 aliphatic heterocycles. The minimum Gasteiger partial charge on any atom is -0.480 e. The highest BCUT2D eigenvalue weighted by Crippen LogP contribution is 2.32. The van der Waals surface area contributed by atoms with Crippen molar-refractivity contribution in [3.05, 3.63) is 59.7 Å². The third kappa shape index (κ3) is 6.92. The minimum atomic E-state index is -1.23. The van der Waals surface area contributed by atoms with Crippen molar-refractivity contribution in [3.63, 3.8) is 0 Å². The Hall–Kier alpha value is -4.41. The highest BCUT2D eigenvalue weighted by Gasteiger charge is 2.54. The van der Waals surface area contributed by atoms with Crippen LogP contribution in [0.3, 0.4) is 0 Å². The van der Waals surface area contributed by atoms with E-state index in [4.69, 9.17) is 5.11 Å². The monoisotopic (exact) mass is 537 g/mol. The van der Waals surface area contributed by atoms with Crippen molar-refractivity contribution in [2.24, 2.45) is 5.92 Å². The number of anilines is 2. The van der Waals surface area contributed by atoms with Crippen molar-refractivity contribution in [3.8, 4) is 0 Å². The van der Waals surface area contributed by atoms with Gasteiger partial charge in [0.25, 0.3) is 5.91 Å². The zero-order valence-electron chi connectivity index (χ0n) is 22.8. The molecule has 1 saturated heterocycles. The van der Waals surface area contributed by atoms with Gasteiger partial charge in [-0.2, -0.15) is 0 Å². The van der Waals surface area contributed by atoms with Gasteiger partial charge < -0.3 is 26.0 Å². The molecular weight excluding hydrogens is 502 g/mol. The number of aliphatic carboxylic acids is 1. The molecule has 2 aromatic carbocycles. The molecule has 4 N–H and O–H groups in total. The predicted molar refractivity (Wildman–Crippen MR) is 146 cm³/mol. The van der Waals surface area contributed by atoms with Crippen LogP contribution in [-0.4, -0.2) is 62.9 Å². The molecular formula is C28H35N5O6. The molecule has 208 valence electrons. The van der Waals surface area contributed by atoms with Crippen LogP contribution in [0.1, 0.15) is 45.2 Å². The molecule has 0 bridgehead atoms. The lowest BCUT2D eigenvalue weighted by Crippen LogP contribution is -2.52. The molecule has 0 spiro atoms. The second-order valence-corrected chi connectivity index (χ2v) is 10.5. The van der Waals surface area contributed by atoms with Crippen molar-refractivity contribution >= 4 is 41.2 Å². The highest BCUT2D eigenvalue weighted by molar-refractivity contribution is 6.09. The Balaban J connectivity index is 1.73. The van der Waals surface area contributed by atoms with E-state index >= 15 is 0 Å². The van der Waals surface area contributed by atoms with Gasteiger partial charge in [-0.15, -0.1) is 0 Å². The van der Waals surface area contributed by atoms with Crippen LogP contribution < -0.4 is 16.0 Å². The van der Waals surface area contributed by atoms with Crippen LogP contribution in [0.5, 0.6) is 0 Å². The Bertz CT molecular complexity index is 1260. The summed E-state index contributed by atoms with van der Waals surface area (Å²) in [6.07, 6.45) is 0.192. The molecule has 1 heterocycles.